The van der Waals surface area contributed by atoms with Gasteiger partial charge in [-0.3, -0.25) is 9.89 Å². The Hall–Kier alpha value is -2.24. The number of rotatable bonds is 5. The lowest BCUT2D eigenvalue weighted by molar-refractivity contribution is -0.154. The van der Waals surface area contributed by atoms with Gasteiger partial charge < -0.3 is 4.74 Å². The van der Waals surface area contributed by atoms with Crippen molar-refractivity contribution in [2.45, 2.75) is 59.3 Å². The van der Waals surface area contributed by atoms with Crippen LogP contribution in [0.3, 0.4) is 0 Å². The summed E-state index contributed by atoms with van der Waals surface area (Å²) in [7, 11) is 0. The largest absolute Gasteiger partial charge is 0.466 e. The number of ether oxygens (including phenoxy) is 1. The van der Waals surface area contributed by atoms with E-state index in [2.05, 4.69) is 15.2 Å². The van der Waals surface area contributed by atoms with Crippen molar-refractivity contribution < 1.29 is 9.53 Å². The minimum absolute atomic E-state index is 0.0875. The molecule has 1 fully saturated rings. The van der Waals surface area contributed by atoms with Gasteiger partial charge in [0.1, 0.15) is 5.82 Å². The first-order valence-electron chi connectivity index (χ1n) is 8.92. The number of aromatic amines is 1. The number of esters is 1. The number of hydrogen-bond donors (Lipinski definition) is 1. The fraction of sp³-hybridized carbons (Fsp3) is 0.579. The van der Waals surface area contributed by atoms with Crippen LogP contribution in [0.1, 0.15) is 67.6 Å². The maximum atomic E-state index is 12.3. The van der Waals surface area contributed by atoms with Crippen molar-refractivity contribution in [2.24, 2.45) is 5.41 Å². The summed E-state index contributed by atoms with van der Waals surface area (Å²) in [4.78, 5) is 21.6. The molecule has 2 aromatic heterocycles. The number of aryl methyl sites for hydroxylation is 2. The molecule has 25 heavy (non-hydrogen) atoms. The first-order chi connectivity index (χ1) is 11.9. The molecule has 134 valence electrons. The predicted octanol–water partition coefficient (Wildman–Crippen LogP) is 3.24. The highest BCUT2D eigenvalue weighted by Crippen LogP contribution is 2.46. The van der Waals surface area contributed by atoms with Crippen LogP contribution in [0.2, 0.25) is 0 Å². The zero-order chi connectivity index (χ0) is 18.0. The number of nitrogens with zero attached hydrogens (tertiary/aromatic N) is 3. The van der Waals surface area contributed by atoms with Crippen molar-refractivity contribution in [3.8, 4) is 0 Å². The number of aromatic nitrogens is 4. The van der Waals surface area contributed by atoms with Gasteiger partial charge in [-0.1, -0.05) is 0 Å². The van der Waals surface area contributed by atoms with Crippen molar-refractivity contribution in [1.82, 2.24) is 20.2 Å². The molecular weight excluding hydrogens is 316 g/mol. The quantitative estimate of drug-likeness (QED) is 0.844. The van der Waals surface area contributed by atoms with Crippen LogP contribution in [-0.2, 0) is 16.0 Å². The molecular formula is C19H26N4O2. The zero-order valence-corrected chi connectivity index (χ0v) is 15.4. The Balaban J connectivity index is 1.78. The molecule has 0 spiro atoms. The van der Waals surface area contributed by atoms with E-state index in [9.17, 15) is 4.79 Å². The van der Waals surface area contributed by atoms with E-state index in [4.69, 9.17) is 9.72 Å². The van der Waals surface area contributed by atoms with Crippen molar-refractivity contribution in [1.29, 1.82) is 0 Å². The third kappa shape index (κ3) is 3.89. The van der Waals surface area contributed by atoms with E-state index in [0.717, 1.165) is 47.9 Å². The summed E-state index contributed by atoms with van der Waals surface area (Å²) in [6.07, 6.45) is 3.18. The summed E-state index contributed by atoms with van der Waals surface area (Å²) in [6.45, 7) is 8.26. The maximum absolute atomic E-state index is 12.3. The van der Waals surface area contributed by atoms with E-state index in [0.29, 0.717) is 13.0 Å². The molecule has 1 aliphatic carbocycles. The van der Waals surface area contributed by atoms with E-state index >= 15 is 0 Å². The predicted molar refractivity (Wildman–Crippen MR) is 94.2 cm³/mol. The Labute approximate surface area is 148 Å². The fourth-order valence-corrected chi connectivity index (χ4v) is 3.66. The molecule has 0 radical (unpaired) electrons. The first kappa shape index (κ1) is 17.6. The zero-order valence-electron chi connectivity index (χ0n) is 15.4. The monoisotopic (exact) mass is 342 g/mol. The standard InChI is InChI=1S/C19H26N4O2/c1-5-25-18(24)19(4)7-6-14(11-19)16-9-12(2)20-17(21-16)10-15-8-13(3)22-23-15/h8-9,14H,5-7,10-11H2,1-4H3,(H,22,23)/t14-,19-/m1/s1. The molecule has 1 N–H and O–H groups in total. The molecule has 3 rings (SSSR count). The van der Waals surface area contributed by atoms with Gasteiger partial charge in [-0.05, 0) is 59.1 Å². The van der Waals surface area contributed by atoms with E-state index < -0.39 is 5.41 Å². The normalized spacial score (nSPS) is 23.0. The Bertz CT molecular complexity index is 771. The van der Waals surface area contributed by atoms with Gasteiger partial charge in [0.05, 0.1) is 24.1 Å². The minimum Gasteiger partial charge on any atom is -0.466 e. The molecule has 0 aliphatic heterocycles. The van der Waals surface area contributed by atoms with Gasteiger partial charge in [0.2, 0.25) is 0 Å². The number of hydrogen-bond acceptors (Lipinski definition) is 5. The van der Waals surface area contributed by atoms with E-state index in [-0.39, 0.29) is 11.9 Å². The van der Waals surface area contributed by atoms with Crippen LogP contribution in [-0.4, -0.2) is 32.7 Å². The van der Waals surface area contributed by atoms with Gasteiger partial charge in [0.25, 0.3) is 0 Å². The molecule has 0 aromatic carbocycles. The third-order valence-electron chi connectivity index (χ3n) is 4.95. The van der Waals surface area contributed by atoms with E-state index in [1.54, 1.807) is 0 Å². The smallest absolute Gasteiger partial charge is 0.311 e. The summed E-state index contributed by atoms with van der Waals surface area (Å²) >= 11 is 0. The molecule has 1 aliphatic rings. The second kappa shape index (κ2) is 6.94. The Morgan fingerprint density at radius 1 is 1.36 bits per heavy atom. The lowest BCUT2D eigenvalue weighted by atomic mass is 9.87. The fourth-order valence-electron chi connectivity index (χ4n) is 3.66. The van der Waals surface area contributed by atoms with Gasteiger partial charge in [0, 0.05) is 23.0 Å². The molecule has 2 atom stereocenters. The summed E-state index contributed by atoms with van der Waals surface area (Å²) in [6, 6.07) is 4.06. The van der Waals surface area contributed by atoms with Crippen molar-refractivity contribution in [2.75, 3.05) is 6.61 Å². The summed E-state index contributed by atoms with van der Waals surface area (Å²) < 4.78 is 5.26. The topological polar surface area (TPSA) is 80.8 Å². The lowest BCUT2D eigenvalue weighted by Gasteiger charge is -2.21. The summed E-state index contributed by atoms with van der Waals surface area (Å²) in [5.74, 6) is 0.970. The average Bonchev–Trinajstić information content (AvgIpc) is 3.14. The second-order valence-corrected chi connectivity index (χ2v) is 7.29. The number of H-pyrrole nitrogens is 1. The Morgan fingerprint density at radius 2 is 2.16 bits per heavy atom. The SMILES string of the molecule is CCOC(=O)[C@]1(C)CC[C@@H](c2cc(C)nc(Cc3cc(C)[nH]n3)n2)C1. The third-order valence-corrected chi connectivity index (χ3v) is 4.95. The molecule has 2 heterocycles. The number of carbonyl (C=O) groups is 1. The van der Waals surface area contributed by atoms with Crippen LogP contribution in [0.15, 0.2) is 12.1 Å². The van der Waals surface area contributed by atoms with Crippen LogP contribution >= 0.6 is 0 Å². The van der Waals surface area contributed by atoms with Gasteiger partial charge in [-0.2, -0.15) is 5.10 Å². The van der Waals surface area contributed by atoms with Crippen LogP contribution in [0.5, 0.6) is 0 Å². The lowest BCUT2D eigenvalue weighted by Crippen LogP contribution is -2.27. The molecule has 0 saturated heterocycles. The van der Waals surface area contributed by atoms with Crippen molar-refractivity contribution >= 4 is 5.97 Å². The Morgan fingerprint density at radius 3 is 2.84 bits per heavy atom. The van der Waals surface area contributed by atoms with Gasteiger partial charge in [0.15, 0.2) is 0 Å². The second-order valence-electron chi connectivity index (χ2n) is 7.29. The first-order valence-corrected chi connectivity index (χ1v) is 8.92. The molecule has 6 heteroatoms. The molecule has 0 bridgehead atoms. The van der Waals surface area contributed by atoms with E-state index in [1.165, 1.54) is 0 Å². The van der Waals surface area contributed by atoms with Gasteiger partial charge in [-0.25, -0.2) is 9.97 Å². The Kier molecular flexibility index (Phi) is 4.88. The highest BCUT2D eigenvalue weighted by atomic mass is 16.5. The molecule has 0 unspecified atom stereocenters. The average molecular weight is 342 g/mol. The molecule has 6 nitrogen and oxygen atoms in total. The number of nitrogens with one attached hydrogen (secondary N) is 1. The highest BCUT2D eigenvalue weighted by molar-refractivity contribution is 5.77. The van der Waals surface area contributed by atoms with Crippen LogP contribution in [0.4, 0.5) is 0 Å². The van der Waals surface area contributed by atoms with Crippen LogP contribution < -0.4 is 0 Å². The van der Waals surface area contributed by atoms with Gasteiger partial charge in [-0.15, -0.1) is 0 Å². The van der Waals surface area contributed by atoms with Crippen molar-refractivity contribution in [3.05, 3.63) is 40.7 Å². The number of carbonyl (C=O) groups excluding carboxylic acids is 1. The van der Waals surface area contributed by atoms with Crippen molar-refractivity contribution in [3.63, 3.8) is 0 Å². The maximum Gasteiger partial charge on any atom is 0.311 e. The van der Waals surface area contributed by atoms with Crippen LogP contribution in [0, 0.1) is 19.3 Å². The molecule has 0 amide bonds. The summed E-state index contributed by atoms with van der Waals surface area (Å²) in [5, 5.41) is 7.22. The highest BCUT2D eigenvalue weighted by Gasteiger charge is 2.43. The summed E-state index contributed by atoms with van der Waals surface area (Å²) in [5.41, 5.74) is 3.56. The molecule has 2 aromatic rings. The minimum atomic E-state index is -0.404. The molecule has 1 saturated carbocycles. The van der Waals surface area contributed by atoms with Gasteiger partial charge >= 0.3 is 5.97 Å². The van der Waals surface area contributed by atoms with E-state index in [1.807, 2.05) is 39.8 Å². The van der Waals surface area contributed by atoms with Crippen LogP contribution in [0.25, 0.3) is 0 Å².